The molecule has 0 unspecified atom stereocenters. The number of imide groups is 1. The largest absolute Gasteiger partial charge is 0.457 e. The smallest absolute Gasteiger partial charge is 0.258 e. The lowest BCUT2D eigenvalue weighted by Crippen LogP contribution is -2.19. The van der Waals surface area contributed by atoms with Gasteiger partial charge in [0.25, 0.3) is 17.7 Å². The Morgan fingerprint density at radius 3 is 2.09 bits per heavy atom. The summed E-state index contributed by atoms with van der Waals surface area (Å²) in [4.78, 5) is 36.0. The minimum atomic E-state index is -0.493. The highest BCUT2D eigenvalue weighted by atomic mass is 16.5. The van der Waals surface area contributed by atoms with Crippen LogP contribution in [0.4, 0.5) is 5.69 Å². The molecule has 4 rings (SSSR count). The topological polar surface area (TPSA) is 84.5 Å². The van der Waals surface area contributed by atoms with Crippen molar-refractivity contribution in [3.63, 3.8) is 0 Å². The van der Waals surface area contributed by atoms with E-state index in [1.54, 1.807) is 24.3 Å². The van der Waals surface area contributed by atoms with E-state index in [-0.39, 0.29) is 22.4 Å². The first kappa shape index (κ1) is 21.3. The third-order valence-corrected chi connectivity index (χ3v) is 5.87. The molecule has 0 saturated carbocycles. The first-order valence-electron chi connectivity index (χ1n) is 10.5. The summed E-state index contributed by atoms with van der Waals surface area (Å²) in [7, 11) is 0. The van der Waals surface area contributed by atoms with E-state index >= 15 is 0 Å². The predicted octanol–water partition coefficient (Wildman–Crippen LogP) is 5.30. The van der Waals surface area contributed by atoms with Crippen LogP contribution in [0.1, 0.15) is 63.8 Å². The molecule has 6 heteroatoms. The molecule has 162 valence electrons. The van der Waals surface area contributed by atoms with E-state index in [9.17, 15) is 14.4 Å². The molecule has 0 aliphatic carbocycles. The van der Waals surface area contributed by atoms with Gasteiger partial charge in [0.05, 0.1) is 11.1 Å². The maximum atomic E-state index is 12.6. The standard InChI is InChI=1S/C26H24N2O4/c1-4-26(2,3)17-6-10-19(11-7-17)32-20-12-8-18(9-13-20)27-23(29)16-5-14-21-22(15-16)25(31)28-24(21)30/h5-15H,4H2,1-3H3,(H,27,29)(H,28,30,31). The van der Waals surface area contributed by atoms with Crippen LogP contribution in [-0.2, 0) is 5.41 Å². The van der Waals surface area contributed by atoms with Crippen LogP contribution in [-0.4, -0.2) is 17.7 Å². The highest BCUT2D eigenvalue weighted by Gasteiger charge is 2.27. The molecule has 0 radical (unpaired) electrons. The third-order valence-electron chi connectivity index (χ3n) is 5.87. The Balaban J connectivity index is 1.41. The molecule has 0 atom stereocenters. The van der Waals surface area contributed by atoms with E-state index in [4.69, 9.17) is 4.74 Å². The van der Waals surface area contributed by atoms with Crippen molar-refractivity contribution >= 4 is 23.4 Å². The molecule has 3 aromatic rings. The van der Waals surface area contributed by atoms with Crippen molar-refractivity contribution in [1.82, 2.24) is 5.32 Å². The minimum Gasteiger partial charge on any atom is -0.457 e. The zero-order valence-corrected chi connectivity index (χ0v) is 18.2. The summed E-state index contributed by atoms with van der Waals surface area (Å²) < 4.78 is 5.91. The number of fused-ring (bicyclic) bond motifs is 1. The number of carbonyl (C=O) groups is 3. The van der Waals surface area contributed by atoms with Crippen LogP contribution in [0.3, 0.4) is 0 Å². The van der Waals surface area contributed by atoms with E-state index < -0.39 is 11.8 Å². The molecule has 0 fully saturated rings. The van der Waals surface area contributed by atoms with Crippen molar-refractivity contribution < 1.29 is 19.1 Å². The molecule has 3 amide bonds. The summed E-state index contributed by atoms with van der Waals surface area (Å²) in [5, 5.41) is 5.00. The van der Waals surface area contributed by atoms with Crippen LogP contribution < -0.4 is 15.4 Å². The fraction of sp³-hybridized carbons (Fsp3) is 0.192. The molecule has 32 heavy (non-hydrogen) atoms. The van der Waals surface area contributed by atoms with Crippen LogP contribution in [0.5, 0.6) is 11.5 Å². The van der Waals surface area contributed by atoms with Crippen molar-refractivity contribution in [1.29, 1.82) is 0 Å². The summed E-state index contributed by atoms with van der Waals surface area (Å²) in [6, 6.07) is 19.5. The van der Waals surface area contributed by atoms with Gasteiger partial charge in [-0.2, -0.15) is 0 Å². The molecule has 0 saturated heterocycles. The molecule has 6 nitrogen and oxygen atoms in total. The molecule has 2 N–H and O–H groups in total. The molecule has 0 aromatic heterocycles. The van der Waals surface area contributed by atoms with E-state index in [0.29, 0.717) is 17.0 Å². The average molecular weight is 428 g/mol. The number of carbonyl (C=O) groups excluding carboxylic acids is 3. The Morgan fingerprint density at radius 1 is 0.875 bits per heavy atom. The molecule has 1 heterocycles. The maximum Gasteiger partial charge on any atom is 0.258 e. The van der Waals surface area contributed by atoms with Crippen LogP contribution in [0.2, 0.25) is 0 Å². The van der Waals surface area contributed by atoms with Crippen molar-refractivity contribution in [3.8, 4) is 11.5 Å². The predicted molar refractivity (Wildman–Crippen MR) is 122 cm³/mol. The van der Waals surface area contributed by atoms with Gasteiger partial charge < -0.3 is 10.1 Å². The summed E-state index contributed by atoms with van der Waals surface area (Å²) in [5.41, 5.74) is 2.75. The fourth-order valence-electron chi connectivity index (χ4n) is 3.43. The van der Waals surface area contributed by atoms with E-state index in [1.807, 2.05) is 12.1 Å². The van der Waals surface area contributed by atoms with Gasteiger partial charge in [0.1, 0.15) is 11.5 Å². The molecule has 0 spiro atoms. The van der Waals surface area contributed by atoms with Crippen molar-refractivity contribution in [2.75, 3.05) is 5.32 Å². The van der Waals surface area contributed by atoms with Crippen LogP contribution in [0.15, 0.2) is 66.7 Å². The van der Waals surface area contributed by atoms with Gasteiger partial charge in [-0.1, -0.05) is 32.9 Å². The van der Waals surface area contributed by atoms with E-state index in [1.165, 1.54) is 23.8 Å². The molecule has 1 aliphatic rings. The Morgan fingerprint density at radius 2 is 1.47 bits per heavy atom. The Bertz CT molecular complexity index is 1200. The lowest BCUT2D eigenvalue weighted by Gasteiger charge is -2.23. The summed E-state index contributed by atoms with van der Waals surface area (Å²) in [6.07, 6.45) is 1.05. The van der Waals surface area contributed by atoms with Crippen LogP contribution in [0.25, 0.3) is 0 Å². The van der Waals surface area contributed by atoms with Crippen LogP contribution >= 0.6 is 0 Å². The van der Waals surface area contributed by atoms with Crippen molar-refractivity contribution in [3.05, 3.63) is 89.0 Å². The first-order valence-corrected chi connectivity index (χ1v) is 10.5. The zero-order valence-electron chi connectivity index (χ0n) is 18.2. The summed E-state index contributed by atoms with van der Waals surface area (Å²) in [5.74, 6) is 0.0769. The second kappa shape index (κ2) is 8.30. The number of ether oxygens (including phenoxy) is 1. The van der Waals surface area contributed by atoms with Crippen molar-refractivity contribution in [2.24, 2.45) is 0 Å². The monoisotopic (exact) mass is 428 g/mol. The third kappa shape index (κ3) is 4.25. The first-order chi connectivity index (χ1) is 15.3. The Hall–Kier alpha value is -3.93. The fourth-order valence-corrected chi connectivity index (χ4v) is 3.43. The molecular formula is C26H24N2O4. The summed E-state index contributed by atoms with van der Waals surface area (Å²) >= 11 is 0. The Labute approximate surface area is 186 Å². The highest BCUT2D eigenvalue weighted by molar-refractivity contribution is 6.22. The van der Waals surface area contributed by atoms with Gasteiger partial charge in [-0.25, -0.2) is 0 Å². The highest BCUT2D eigenvalue weighted by Crippen LogP contribution is 2.30. The number of anilines is 1. The second-order valence-electron chi connectivity index (χ2n) is 8.39. The Kier molecular flexibility index (Phi) is 5.53. The summed E-state index contributed by atoms with van der Waals surface area (Å²) in [6.45, 7) is 6.60. The van der Waals surface area contributed by atoms with Crippen LogP contribution in [0, 0.1) is 0 Å². The molecule has 1 aliphatic heterocycles. The average Bonchev–Trinajstić information content (AvgIpc) is 3.08. The molecule has 0 bridgehead atoms. The minimum absolute atomic E-state index is 0.122. The van der Waals surface area contributed by atoms with Gasteiger partial charge in [0.15, 0.2) is 0 Å². The zero-order chi connectivity index (χ0) is 22.9. The van der Waals surface area contributed by atoms with Gasteiger partial charge in [0.2, 0.25) is 0 Å². The second-order valence-corrected chi connectivity index (χ2v) is 8.39. The quantitative estimate of drug-likeness (QED) is 0.522. The number of rotatable bonds is 6. The number of amides is 3. The van der Waals surface area contributed by atoms with Gasteiger partial charge in [-0.05, 0) is 72.0 Å². The van der Waals surface area contributed by atoms with Gasteiger partial charge in [-0.3, -0.25) is 19.7 Å². The normalized spacial score (nSPS) is 12.8. The SMILES string of the molecule is CCC(C)(C)c1ccc(Oc2ccc(NC(=O)c3ccc4c(c3)C(=O)NC4=O)cc2)cc1. The molecular weight excluding hydrogens is 404 g/mol. The van der Waals surface area contributed by atoms with Gasteiger partial charge in [-0.15, -0.1) is 0 Å². The maximum absolute atomic E-state index is 12.6. The number of hydrogen-bond acceptors (Lipinski definition) is 4. The van der Waals surface area contributed by atoms with Gasteiger partial charge in [0, 0.05) is 11.3 Å². The van der Waals surface area contributed by atoms with Gasteiger partial charge >= 0.3 is 0 Å². The van der Waals surface area contributed by atoms with E-state index in [2.05, 4.69) is 43.5 Å². The number of hydrogen-bond donors (Lipinski definition) is 2. The number of benzene rings is 3. The van der Waals surface area contributed by atoms with E-state index in [0.717, 1.165) is 12.2 Å². The lowest BCUT2D eigenvalue weighted by atomic mass is 9.82. The lowest BCUT2D eigenvalue weighted by molar-refractivity contribution is 0.0879. The number of nitrogens with one attached hydrogen (secondary N) is 2. The molecule has 3 aromatic carbocycles. The van der Waals surface area contributed by atoms with Crippen molar-refractivity contribution in [2.45, 2.75) is 32.6 Å².